The molecule has 3 aromatic rings. The van der Waals surface area contributed by atoms with Gasteiger partial charge in [-0.3, -0.25) is 9.69 Å². The summed E-state index contributed by atoms with van der Waals surface area (Å²) in [7, 11) is 4.12. The van der Waals surface area contributed by atoms with Gasteiger partial charge in [0.2, 0.25) is 5.82 Å². The molecule has 0 aliphatic carbocycles. The van der Waals surface area contributed by atoms with Crippen LogP contribution in [0.2, 0.25) is 5.02 Å². The summed E-state index contributed by atoms with van der Waals surface area (Å²) in [5, 5.41) is 3.56. The highest BCUT2D eigenvalue weighted by atomic mass is 35.5. The first-order valence-corrected chi connectivity index (χ1v) is 14.5. The van der Waals surface area contributed by atoms with Gasteiger partial charge >= 0.3 is 6.18 Å². The van der Waals surface area contributed by atoms with Crippen molar-refractivity contribution in [1.29, 1.82) is 0 Å². The minimum Gasteiger partial charge on any atom is -0.355 e. The third-order valence-electron chi connectivity index (χ3n) is 8.22. The number of fused-ring (bicyclic) bond motifs is 1. The molecule has 2 aliphatic heterocycles. The molecule has 2 saturated heterocycles. The van der Waals surface area contributed by atoms with Crippen molar-refractivity contribution in [3.05, 3.63) is 58.6 Å². The molecule has 2 atom stereocenters. The van der Waals surface area contributed by atoms with Gasteiger partial charge in [0.25, 0.3) is 11.8 Å². The molecule has 0 saturated carbocycles. The van der Waals surface area contributed by atoms with Crippen molar-refractivity contribution in [1.82, 2.24) is 30.1 Å². The summed E-state index contributed by atoms with van der Waals surface area (Å²) < 4.78 is 66.9. The van der Waals surface area contributed by atoms with E-state index in [-0.39, 0.29) is 35.8 Å². The Balaban J connectivity index is 1.37. The van der Waals surface area contributed by atoms with E-state index in [1.165, 1.54) is 0 Å². The van der Waals surface area contributed by atoms with Crippen molar-refractivity contribution in [3.63, 3.8) is 0 Å². The van der Waals surface area contributed by atoms with E-state index in [2.05, 4.69) is 39.2 Å². The van der Waals surface area contributed by atoms with Crippen LogP contribution in [0.5, 0.6) is 0 Å². The molecule has 0 spiro atoms. The Hall–Kier alpha value is -3.16. The summed E-state index contributed by atoms with van der Waals surface area (Å²) in [5.41, 5.74) is 1.06. The maximum Gasteiger partial charge on any atom is 0.451 e. The Morgan fingerprint density at radius 1 is 1.12 bits per heavy atom. The highest BCUT2D eigenvalue weighted by molar-refractivity contribution is 6.35. The molecule has 1 N–H and O–H groups in total. The SMILES string of the molecule is CN(C)[C@@H]1CCCN(c2ccc3c(C(=O)NCC(c4cnc(C(F)(F)F)nc4)N4CCC(F)(F)CC4)c(Cl)ccc3n2)C1. The summed E-state index contributed by atoms with van der Waals surface area (Å²) in [6.07, 6.45) is -1.35. The van der Waals surface area contributed by atoms with Crippen LogP contribution in [-0.4, -0.2) is 89.4 Å². The lowest BCUT2D eigenvalue weighted by Gasteiger charge is -2.37. The summed E-state index contributed by atoms with van der Waals surface area (Å²) in [6.45, 7) is 1.60. The van der Waals surface area contributed by atoms with E-state index >= 15 is 0 Å². The van der Waals surface area contributed by atoms with Crippen molar-refractivity contribution >= 4 is 34.2 Å². The van der Waals surface area contributed by atoms with Gasteiger partial charge in [-0.2, -0.15) is 13.2 Å². The number of halogens is 6. The number of carbonyl (C=O) groups excluding carboxylic acids is 1. The normalized spacial score (nSPS) is 20.4. The van der Waals surface area contributed by atoms with Crippen LogP contribution in [0.3, 0.4) is 0 Å². The van der Waals surface area contributed by atoms with Crippen molar-refractivity contribution in [2.24, 2.45) is 0 Å². The van der Waals surface area contributed by atoms with Crippen LogP contribution in [0, 0.1) is 0 Å². The van der Waals surface area contributed by atoms with E-state index in [0.29, 0.717) is 16.9 Å². The fraction of sp³-hybridized carbons (Fsp3) is 0.517. The van der Waals surface area contributed by atoms with Crippen LogP contribution in [0.15, 0.2) is 36.7 Å². The molecule has 0 radical (unpaired) electrons. The molecule has 2 aromatic heterocycles. The zero-order valence-electron chi connectivity index (χ0n) is 23.8. The van der Waals surface area contributed by atoms with Gasteiger partial charge in [-0.05, 0) is 51.2 Å². The van der Waals surface area contributed by atoms with Gasteiger partial charge in [0.05, 0.1) is 22.1 Å². The summed E-state index contributed by atoms with van der Waals surface area (Å²) in [6, 6.07) is 6.70. The third-order valence-corrected chi connectivity index (χ3v) is 8.53. The molecule has 1 aromatic carbocycles. The lowest BCUT2D eigenvalue weighted by atomic mass is 10.0. The monoisotopic (exact) mass is 625 g/mol. The number of hydrogen-bond acceptors (Lipinski definition) is 7. The zero-order chi connectivity index (χ0) is 30.9. The van der Waals surface area contributed by atoms with E-state index in [0.717, 1.165) is 44.1 Å². The van der Waals surface area contributed by atoms with Gasteiger partial charge in [0.1, 0.15) is 5.82 Å². The maximum atomic E-state index is 13.9. The van der Waals surface area contributed by atoms with Crippen LogP contribution in [0.4, 0.5) is 27.8 Å². The fourth-order valence-corrected chi connectivity index (χ4v) is 5.96. The molecule has 0 bridgehead atoms. The summed E-state index contributed by atoms with van der Waals surface area (Å²) >= 11 is 6.49. The van der Waals surface area contributed by atoms with Gasteiger partial charge in [-0.25, -0.2) is 23.7 Å². The predicted molar refractivity (Wildman–Crippen MR) is 154 cm³/mol. The second-order valence-corrected chi connectivity index (χ2v) is 11.7. The highest BCUT2D eigenvalue weighted by Gasteiger charge is 2.38. The van der Waals surface area contributed by atoms with Crippen LogP contribution >= 0.6 is 11.6 Å². The van der Waals surface area contributed by atoms with Crippen LogP contribution in [0.25, 0.3) is 10.9 Å². The number of likely N-dealkylation sites (tertiary alicyclic amines) is 1. The molecule has 1 amide bonds. The smallest absolute Gasteiger partial charge is 0.355 e. The number of benzene rings is 1. The topological polar surface area (TPSA) is 77.5 Å². The Morgan fingerprint density at radius 2 is 1.81 bits per heavy atom. The Morgan fingerprint density at radius 3 is 2.47 bits per heavy atom. The molecule has 14 heteroatoms. The fourth-order valence-electron chi connectivity index (χ4n) is 5.71. The molecule has 5 rings (SSSR count). The first-order valence-electron chi connectivity index (χ1n) is 14.1. The second-order valence-electron chi connectivity index (χ2n) is 11.3. The number of alkyl halides is 5. The average Bonchev–Trinajstić information content (AvgIpc) is 2.97. The van der Waals surface area contributed by atoms with E-state index in [9.17, 15) is 26.7 Å². The molecule has 2 aliphatic rings. The minimum atomic E-state index is -4.73. The lowest BCUT2D eigenvalue weighted by Crippen LogP contribution is -2.45. The molecule has 232 valence electrons. The third kappa shape index (κ3) is 7.15. The number of carbonyl (C=O) groups is 1. The standard InChI is InChI=1S/C29H33ClF5N7O/c1-40(2)19-4-3-11-42(17-19)24-8-5-20-22(39-24)7-6-21(30)25(20)26(43)36-16-23(41-12-9-28(31,32)10-13-41)18-14-37-27(38-15-18)29(33,34)35/h5-8,14-15,19,23H,3-4,9-13,16-17H2,1-2H3,(H,36,43)/t19-,23?/m1/s1. The van der Waals surface area contributed by atoms with E-state index < -0.39 is 42.7 Å². The minimum absolute atomic E-state index is 0.0124. The average molecular weight is 626 g/mol. The van der Waals surface area contributed by atoms with Crippen LogP contribution < -0.4 is 10.2 Å². The zero-order valence-corrected chi connectivity index (χ0v) is 24.6. The molecular formula is C29H33ClF5N7O. The van der Waals surface area contributed by atoms with Gasteiger partial charge in [0, 0.05) is 75.0 Å². The first kappa shape index (κ1) is 31.3. The summed E-state index contributed by atoms with van der Waals surface area (Å²) in [5.74, 6) is -3.85. The summed E-state index contributed by atoms with van der Waals surface area (Å²) in [4.78, 5) is 31.3. The highest BCUT2D eigenvalue weighted by Crippen LogP contribution is 2.34. The lowest BCUT2D eigenvalue weighted by molar-refractivity contribution is -0.145. The number of anilines is 1. The van der Waals surface area contributed by atoms with E-state index in [1.807, 2.05) is 12.1 Å². The van der Waals surface area contributed by atoms with Gasteiger partial charge in [-0.1, -0.05) is 11.6 Å². The predicted octanol–water partition coefficient (Wildman–Crippen LogP) is 5.43. The van der Waals surface area contributed by atoms with Gasteiger partial charge in [0.15, 0.2) is 0 Å². The Labute approximate surface area is 251 Å². The van der Waals surface area contributed by atoms with Crippen molar-refractivity contribution < 1.29 is 26.7 Å². The number of nitrogens with zero attached hydrogens (tertiary/aromatic N) is 6. The molecule has 2 fully saturated rings. The molecule has 43 heavy (non-hydrogen) atoms. The number of nitrogens with one attached hydrogen (secondary N) is 1. The van der Waals surface area contributed by atoms with Crippen molar-refractivity contribution in [2.45, 2.75) is 49.9 Å². The van der Waals surface area contributed by atoms with Crippen LogP contribution in [-0.2, 0) is 6.18 Å². The molecule has 1 unspecified atom stereocenters. The van der Waals surface area contributed by atoms with E-state index in [1.54, 1.807) is 17.0 Å². The van der Waals surface area contributed by atoms with Crippen LogP contribution in [0.1, 0.15) is 53.5 Å². The first-order chi connectivity index (χ1) is 20.3. The second kappa shape index (κ2) is 12.4. The quantitative estimate of drug-likeness (QED) is 0.351. The Kier molecular flexibility index (Phi) is 9.05. The number of piperidine rings is 2. The van der Waals surface area contributed by atoms with Gasteiger partial charge < -0.3 is 15.1 Å². The number of amides is 1. The largest absolute Gasteiger partial charge is 0.451 e. The number of rotatable bonds is 7. The number of pyridine rings is 1. The number of likely N-dealkylation sites (N-methyl/N-ethyl adjacent to an activating group) is 1. The van der Waals surface area contributed by atoms with Crippen molar-refractivity contribution in [2.75, 3.05) is 51.7 Å². The number of aromatic nitrogens is 3. The molecular weight excluding hydrogens is 593 g/mol. The van der Waals surface area contributed by atoms with Gasteiger partial charge in [-0.15, -0.1) is 0 Å². The maximum absolute atomic E-state index is 13.9. The van der Waals surface area contributed by atoms with Crippen molar-refractivity contribution in [3.8, 4) is 0 Å². The molecule has 8 nitrogen and oxygen atoms in total. The molecule has 4 heterocycles. The number of hydrogen-bond donors (Lipinski definition) is 1. The van der Waals surface area contributed by atoms with E-state index in [4.69, 9.17) is 16.6 Å². The Bertz CT molecular complexity index is 1440.